The molecular formula is C35H43ClN2O5S. The second-order valence-electron chi connectivity index (χ2n) is 14.1. The number of sulfonamides is 1. The van der Waals surface area contributed by atoms with E-state index in [1.54, 1.807) is 6.07 Å². The third-order valence-electron chi connectivity index (χ3n) is 11.3. The third-order valence-corrected chi connectivity index (χ3v) is 13.6. The summed E-state index contributed by atoms with van der Waals surface area (Å²) >= 11 is 6.41. The van der Waals surface area contributed by atoms with Crippen molar-refractivity contribution >= 4 is 33.2 Å². The number of aliphatic hydroxyl groups excluding tert-OH is 1. The van der Waals surface area contributed by atoms with E-state index in [0.717, 1.165) is 68.6 Å². The lowest BCUT2D eigenvalue weighted by atomic mass is 9.68. The Kier molecular flexibility index (Phi) is 7.99. The summed E-state index contributed by atoms with van der Waals surface area (Å²) in [7, 11) is -3.93. The van der Waals surface area contributed by atoms with Crippen LogP contribution in [0.25, 0.3) is 0 Å². The van der Waals surface area contributed by atoms with E-state index < -0.39 is 27.3 Å². The van der Waals surface area contributed by atoms with E-state index in [0.29, 0.717) is 30.9 Å². The summed E-state index contributed by atoms with van der Waals surface area (Å²) in [5.41, 5.74) is 3.38. The van der Waals surface area contributed by atoms with Crippen molar-refractivity contribution in [2.45, 2.75) is 81.5 Å². The highest BCUT2D eigenvalue weighted by atomic mass is 35.5. The van der Waals surface area contributed by atoms with Crippen LogP contribution in [-0.2, 0) is 21.9 Å². The Morgan fingerprint density at radius 2 is 1.91 bits per heavy atom. The quantitative estimate of drug-likeness (QED) is 0.371. The number of anilines is 1. The van der Waals surface area contributed by atoms with Crippen LogP contribution in [0.4, 0.5) is 5.69 Å². The van der Waals surface area contributed by atoms with Gasteiger partial charge in [0, 0.05) is 29.1 Å². The van der Waals surface area contributed by atoms with Gasteiger partial charge in [-0.1, -0.05) is 43.2 Å². The van der Waals surface area contributed by atoms with Crippen molar-refractivity contribution in [2.75, 3.05) is 24.6 Å². The maximum absolute atomic E-state index is 13.8. The van der Waals surface area contributed by atoms with Crippen molar-refractivity contribution < 1.29 is 23.1 Å². The number of halogens is 1. The summed E-state index contributed by atoms with van der Waals surface area (Å²) in [5.74, 6) is 0.370. The largest absolute Gasteiger partial charge is 0.490 e. The van der Waals surface area contributed by atoms with Crippen molar-refractivity contribution in [2.24, 2.45) is 23.7 Å². The Labute approximate surface area is 266 Å². The molecule has 1 amide bonds. The van der Waals surface area contributed by atoms with Gasteiger partial charge in [0.05, 0.1) is 23.6 Å². The van der Waals surface area contributed by atoms with E-state index in [2.05, 4.69) is 21.8 Å². The van der Waals surface area contributed by atoms with Crippen LogP contribution >= 0.6 is 11.6 Å². The number of benzene rings is 2. The Hall–Kier alpha value is -2.55. The summed E-state index contributed by atoms with van der Waals surface area (Å²) < 4.78 is 36.6. The van der Waals surface area contributed by atoms with Gasteiger partial charge in [0.15, 0.2) is 0 Å². The Morgan fingerprint density at radius 3 is 2.66 bits per heavy atom. The zero-order chi connectivity index (χ0) is 30.6. The lowest BCUT2D eigenvalue weighted by molar-refractivity contribution is 0.0455. The highest BCUT2D eigenvalue weighted by molar-refractivity contribution is 7.90. The SMILES string of the molecule is C[C@H]1C/C=C/[C@H](O)[C@@H]2CC[C@H]2CN2C[C@@]3(CCCc4cc(Cl)ccc43)COc3ccc(cc32)C(=O)NS(=O)(=O)C1C1CCC1. The molecule has 236 valence electrons. The van der Waals surface area contributed by atoms with E-state index in [-0.39, 0.29) is 29.1 Å². The molecule has 3 aliphatic carbocycles. The summed E-state index contributed by atoms with van der Waals surface area (Å²) in [6, 6.07) is 11.5. The van der Waals surface area contributed by atoms with Gasteiger partial charge in [0.25, 0.3) is 5.91 Å². The second-order valence-corrected chi connectivity index (χ2v) is 16.3. The fourth-order valence-electron chi connectivity index (χ4n) is 8.57. The van der Waals surface area contributed by atoms with E-state index in [9.17, 15) is 18.3 Å². The highest BCUT2D eigenvalue weighted by Crippen LogP contribution is 2.47. The number of rotatable bonds is 1. The molecule has 1 unspecified atom stereocenters. The molecule has 2 aliphatic heterocycles. The molecule has 9 heteroatoms. The molecule has 2 aromatic rings. The summed E-state index contributed by atoms with van der Waals surface area (Å²) in [4.78, 5) is 16.0. The number of aryl methyl sites for hydroxylation is 1. The molecule has 6 atom stereocenters. The number of fused-ring (bicyclic) bond motifs is 4. The molecule has 2 saturated carbocycles. The van der Waals surface area contributed by atoms with Crippen LogP contribution in [0.1, 0.15) is 79.8 Å². The molecule has 2 heterocycles. The van der Waals surface area contributed by atoms with Gasteiger partial charge in [-0.05, 0) is 116 Å². The van der Waals surface area contributed by atoms with Gasteiger partial charge in [-0.2, -0.15) is 0 Å². The Balaban J connectivity index is 1.29. The molecule has 0 saturated heterocycles. The molecule has 2 aromatic carbocycles. The molecule has 44 heavy (non-hydrogen) atoms. The summed E-state index contributed by atoms with van der Waals surface area (Å²) in [6.07, 6.45) is 11.5. The monoisotopic (exact) mass is 638 g/mol. The smallest absolute Gasteiger partial charge is 0.264 e. The number of nitrogens with zero attached hydrogens (tertiary/aromatic N) is 1. The van der Waals surface area contributed by atoms with E-state index in [1.165, 1.54) is 11.1 Å². The first kappa shape index (κ1) is 30.1. The number of hydrogen-bond acceptors (Lipinski definition) is 6. The van der Waals surface area contributed by atoms with Crippen LogP contribution in [-0.4, -0.2) is 50.5 Å². The normalized spacial score (nSPS) is 34.3. The van der Waals surface area contributed by atoms with Crippen LogP contribution < -0.4 is 14.4 Å². The van der Waals surface area contributed by atoms with Crippen molar-refractivity contribution in [1.29, 1.82) is 0 Å². The lowest BCUT2D eigenvalue weighted by Gasteiger charge is -2.45. The van der Waals surface area contributed by atoms with Gasteiger partial charge in [0.1, 0.15) is 5.75 Å². The van der Waals surface area contributed by atoms with Crippen LogP contribution in [0, 0.1) is 23.7 Å². The predicted molar refractivity (Wildman–Crippen MR) is 173 cm³/mol. The molecule has 0 radical (unpaired) electrons. The number of carbonyl (C=O) groups is 1. The number of aliphatic hydroxyl groups is 1. The average molecular weight is 639 g/mol. The fraction of sp³-hybridized carbons (Fsp3) is 0.571. The number of hydrogen-bond donors (Lipinski definition) is 2. The molecule has 0 aromatic heterocycles. The van der Waals surface area contributed by atoms with Crippen molar-refractivity contribution in [1.82, 2.24) is 4.72 Å². The number of amides is 1. The van der Waals surface area contributed by atoms with Crippen LogP contribution in [0.3, 0.4) is 0 Å². The molecule has 2 bridgehead atoms. The minimum absolute atomic E-state index is 0.0314. The topological polar surface area (TPSA) is 95.9 Å². The maximum atomic E-state index is 13.8. The van der Waals surface area contributed by atoms with Gasteiger partial charge in [-0.25, -0.2) is 13.1 Å². The lowest BCUT2D eigenvalue weighted by Crippen LogP contribution is -2.49. The maximum Gasteiger partial charge on any atom is 0.264 e. The minimum atomic E-state index is -3.93. The number of ether oxygens (including phenoxy) is 1. The van der Waals surface area contributed by atoms with Crippen molar-refractivity contribution in [3.8, 4) is 5.75 Å². The van der Waals surface area contributed by atoms with Crippen molar-refractivity contribution in [3.05, 3.63) is 70.3 Å². The van der Waals surface area contributed by atoms with E-state index >= 15 is 0 Å². The third kappa shape index (κ3) is 5.45. The van der Waals surface area contributed by atoms with Gasteiger partial charge in [-0.3, -0.25) is 4.79 Å². The Bertz CT molecular complexity index is 1570. The zero-order valence-electron chi connectivity index (χ0n) is 25.4. The van der Waals surface area contributed by atoms with Crippen LogP contribution in [0.2, 0.25) is 5.02 Å². The first-order chi connectivity index (χ1) is 21.1. The zero-order valence-corrected chi connectivity index (χ0v) is 27.0. The predicted octanol–water partition coefficient (Wildman–Crippen LogP) is 6.02. The molecular weight excluding hydrogens is 596 g/mol. The van der Waals surface area contributed by atoms with E-state index in [1.807, 2.05) is 37.3 Å². The first-order valence-corrected chi connectivity index (χ1v) is 18.3. The summed E-state index contributed by atoms with van der Waals surface area (Å²) in [6.45, 7) is 3.88. The van der Waals surface area contributed by atoms with Crippen LogP contribution in [0.5, 0.6) is 5.75 Å². The molecule has 7 rings (SSSR count). The summed E-state index contributed by atoms with van der Waals surface area (Å²) in [5, 5.41) is 11.3. The number of nitrogens with one attached hydrogen (secondary N) is 1. The molecule has 7 nitrogen and oxygen atoms in total. The van der Waals surface area contributed by atoms with Gasteiger partial charge in [-0.15, -0.1) is 0 Å². The van der Waals surface area contributed by atoms with Crippen molar-refractivity contribution in [3.63, 3.8) is 0 Å². The molecule has 2 N–H and O–H groups in total. The highest BCUT2D eigenvalue weighted by Gasteiger charge is 2.45. The average Bonchev–Trinajstić information content (AvgIpc) is 3.09. The van der Waals surface area contributed by atoms with E-state index in [4.69, 9.17) is 16.3 Å². The standard InChI is InChI=1S/C35H43ClN2O5S/c1-22-5-2-9-31(39)28-13-10-26(28)19-38-20-35(16-4-8-24-17-27(36)12-14-29(24)35)21-43-32-15-11-25(18-30(32)38)34(40)37-44(41,42)33(22)23-6-3-7-23/h2,9,11-12,14-15,17-18,22-23,26,28,31,33,39H,3-8,10,13,16,19-21H2,1H3,(H,37,40)/b9-2+/t22-,26-,28+,31-,33?,35-/m0/s1. The second kappa shape index (κ2) is 11.7. The molecule has 1 spiro atoms. The Morgan fingerprint density at radius 1 is 1.07 bits per heavy atom. The molecule has 2 fully saturated rings. The molecule has 5 aliphatic rings. The number of carbonyl (C=O) groups excluding carboxylic acids is 1. The van der Waals surface area contributed by atoms with Gasteiger partial charge in [0.2, 0.25) is 10.0 Å². The minimum Gasteiger partial charge on any atom is -0.490 e. The number of allylic oxidation sites excluding steroid dienone is 1. The first-order valence-electron chi connectivity index (χ1n) is 16.3. The fourth-order valence-corrected chi connectivity index (χ4v) is 10.8. The van der Waals surface area contributed by atoms with Crippen LogP contribution in [0.15, 0.2) is 48.6 Å². The van der Waals surface area contributed by atoms with Gasteiger partial charge >= 0.3 is 0 Å². The van der Waals surface area contributed by atoms with Gasteiger partial charge < -0.3 is 14.7 Å².